The molecule has 1 atom stereocenters. The van der Waals surface area contributed by atoms with Gasteiger partial charge < -0.3 is 10.2 Å². The molecule has 3 rings (SSSR count). The number of nitrogens with zero attached hydrogens (tertiary/aromatic N) is 4. The van der Waals surface area contributed by atoms with E-state index in [-0.39, 0.29) is 17.9 Å². The number of rotatable bonds is 5. The summed E-state index contributed by atoms with van der Waals surface area (Å²) in [4.78, 5) is 18.6. The van der Waals surface area contributed by atoms with Gasteiger partial charge >= 0.3 is 6.18 Å². The van der Waals surface area contributed by atoms with Gasteiger partial charge in [0.25, 0.3) is 0 Å². The van der Waals surface area contributed by atoms with E-state index in [1.807, 2.05) is 37.4 Å². The minimum atomic E-state index is -4.39. The van der Waals surface area contributed by atoms with Crippen molar-refractivity contribution in [2.24, 2.45) is 13.0 Å². The number of aromatic nitrogens is 3. The van der Waals surface area contributed by atoms with Crippen LogP contribution in [-0.4, -0.2) is 39.8 Å². The standard InChI is InChI=1S/C21H28F3N5O/c1-13(11-18-14(2)27-28(4)15(18)3)26-20(30)16-7-9-29(10-8-16)19-6-5-17(12-25-19)21(22,23)24/h5-6,12-13,16H,7-11H2,1-4H3,(H,26,30)/t13-/m0/s1. The van der Waals surface area contributed by atoms with Crippen LogP contribution >= 0.6 is 0 Å². The van der Waals surface area contributed by atoms with E-state index in [4.69, 9.17) is 0 Å². The van der Waals surface area contributed by atoms with E-state index in [0.717, 1.165) is 35.6 Å². The highest BCUT2D eigenvalue weighted by molar-refractivity contribution is 5.79. The first kappa shape index (κ1) is 22.1. The average molecular weight is 423 g/mol. The molecule has 1 N–H and O–H groups in total. The predicted molar refractivity (Wildman–Crippen MR) is 108 cm³/mol. The highest BCUT2D eigenvalue weighted by Crippen LogP contribution is 2.30. The number of carbonyl (C=O) groups excluding carboxylic acids is 1. The third-order valence-corrected chi connectivity index (χ3v) is 5.82. The van der Waals surface area contributed by atoms with Crippen molar-refractivity contribution in [3.63, 3.8) is 0 Å². The number of nitrogens with one attached hydrogen (secondary N) is 1. The maximum Gasteiger partial charge on any atom is 0.417 e. The summed E-state index contributed by atoms with van der Waals surface area (Å²) in [6, 6.07) is 2.43. The third-order valence-electron chi connectivity index (χ3n) is 5.82. The molecule has 164 valence electrons. The van der Waals surface area contributed by atoms with Gasteiger partial charge in [-0.3, -0.25) is 9.48 Å². The van der Waals surface area contributed by atoms with Gasteiger partial charge in [0.05, 0.1) is 11.3 Å². The summed E-state index contributed by atoms with van der Waals surface area (Å²) in [6.07, 6.45) is -1.51. The SMILES string of the molecule is Cc1nn(C)c(C)c1C[C@H](C)NC(=O)C1CCN(c2ccc(C(F)(F)F)cn2)CC1. The molecule has 0 saturated carbocycles. The van der Waals surface area contributed by atoms with Gasteiger partial charge in [0.15, 0.2) is 0 Å². The van der Waals surface area contributed by atoms with Crippen LogP contribution in [0.1, 0.15) is 42.3 Å². The zero-order valence-electron chi connectivity index (χ0n) is 17.8. The first-order valence-corrected chi connectivity index (χ1v) is 10.1. The van der Waals surface area contributed by atoms with Gasteiger partial charge in [-0.1, -0.05) is 0 Å². The molecule has 1 saturated heterocycles. The number of anilines is 1. The normalized spacial score (nSPS) is 16.6. The summed E-state index contributed by atoms with van der Waals surface area (Å²) >= 11 is 0. The Bertz CT molecular complexity index is 883. The molecular weight excluding hydrogens is 395 g/mol. The van der Waals surface area contributed by atoms with E-state index < -0.39 is 11.7 Å². The Morgan fingerprint density at radius 2 is 1.93 bits per heavy atom. The Morgan fingerprint density at radius 1 is 1.27 bits per heavy atom. The van der Waals surface area contributed by atoms with Crippen molar-refractivity contribution in [2.75, 3.05) is 18.0 Å². The molecule has 1 amide bonds. The molecule has 0 aromatic carbocycles. The molecule has 30 heavy (non-hydrogen) atoms. The monoisotopic (exact) mass is 423 g/mol. The second-order valence-corrected chi connectivity index (χ2v) is 8.05. The van der Waals surface area contributed by atoms with Gasteiger partial charge in [0, 0.05) is 44.0 Å². The zero-order valence-corrected chi connectivity index (χ0v) is 17.8. The molecular formula is C21H28F3N5O. The third kappa shape index (κ3) is 4.94. The van der Waals surface area contributed by atoms with Crippen LogP contribution in [0.25, 0.3) is 0 Å². The molecule has 0 radical (unpaired) electrons. The van der Waals surface area contributed by atoms with Crippen LogP contribution in [0.2, 0.25) is 0 Å². The molecule has 1 aliphatic rings. The van der Waals surface area contributed by atoms with Crippen LogP contribution in [0.5, 0.6) is 0 Å². The molecule has 0 aliphatic carbocycles. The molecule has 6 nitrogen and oxygen atoms in total. The highest BCUT2D eigenvalue weighted by Gasteiger charge is 2.31. The number of hydrogen-bond acceptors (Lipinski definition) is 4. The molecule has 3 heterocycles. The van der Waals surface area contributed by atoms with Crippen molar-refractivity contribution in [1.29, 1.82) is 0 Å². The van der Waals surface area contributed by atoms with Crippen LogP contribution in [0, 0.1) is 19.8 Å². The summed E-state index contributed by atoms with van der Waals surface area (Å²) in [5.41, 5.74) is 2.49. The van der Waals surface area contributed by atoms with Crippen LogP contribution in [-0.2, 0) is 24.4 Å². The van der Waals surface area contributed by atoms with Gasteiger partial charge in [-0.15, -0.1) is 0 Å². The number of piperidine rings is 1. The van der Waals surface area contributed by atoms with E-state index in [0.29, 0.717) is 31.7 Å². The lowest BCUT2D eigenvalue weighted by Crippen LogP contribution is -2.44. The summed E-state index contributed by atoms with van der Waals surface area (Å²) in [5, 5.41) is 7.52. The van der Waals surface area contributed by atoms with Gasteiger partial charge in [-0.2, -0.15) is 18.3 Å². The molecule has 0 bridgehead atoms. The minimum absolute atomic E-state index is 0.00582. The first-order chi connectivity index (χ1) is 14.1. The predicted octanol–water partition coefficient (Wildman–Crippen LogP) is 3.41. The van der Waals surface area contributed by atoms with Crippen molar-refractivity contribution in [3.05, 3.63) is 40.8 Å². The molecule has 1 aliphatic heterocycles. The molecule has 0 spiro atoms. The van der Waals surface area contributed by atoms with E-state index in [1.54, 1.807) is 0 Å². The number of alkyl halides is 3. The minimum Gasteiger partial charge on any atom is -0.357 e. The lowest BCUT2D eigenvalue weighted by Gasteiger charge is -2.32. The number of aryl methyl sites for hydroxylation is 2. The highest BCUT2D eigenvalue weighted by atomic mass is 19.4. The summed E-state index contributed by atoms with van der Waals surface area (Å²) in [7, 11) is 1.91. The quantitative estimate of drug-likeness (QED) is 0.801. The summed E-state index contributed by atoms with van der Waals surface area (Å²) in [6.45, 7) is 7.17. The van der Waals surface area contributed by atoms with Gasteiger partial charge in [0.1, 0.15) is 5.82 Å². The van der Waals surface area contributed by atoms with Crippen molar-refractivity contribution in [1.82, 2.24) is 20.1 Å². The Labute approximate surface area is 174 Å². The van der Waals surface area contributed by atoms with E-state index >= 15 is 0 Å². The van der Waals surface area contributed by atoms with E-state index in [1.165, 1.54) is 6.07 Å². The fraction of sp³-hybridized carbons (Fsp3) is 0.571. The van der Waals surface area contributed by atoms with Crippen LogP contribution < -0.4 is 10.2 Å². The average Bonchev–Trinajstić information content (AvgIpc) is 2.93. The molecule has 2 aromatic heterocycles. The zero-order chi connectivity index (χ0) is 22.1. The van der Waals surface area contributed by atoms with Gasteiger partial charge in [0.2, 0.25) is 5.91 Å². The second kappa shape index (κ2) is 8.65. The Kier molecular flexibility index (Phi) is 6.38. The van der Waals surface area contributed by atoms with Crippen LogP contribution in [0.4, 0.5) is 19.0 Å². The Morgan fingerprint density at radius 3 is 2.43 bits per heavy atom. The molecule has 9 heteroatoms. The van der Waals surface area contributed by atoms with Crippen molar-refractivity contribution in [3.8, 4) is 0 Å². The largest absolute Gasteiger partial charge is 0.417 e. The van der Waals surface area contributed by atoms with Crippen molar-refractivity contribution < 1.29 is 18.0 Å². The lowest BCUT2D eigenvalue weighted by molar-refractivity contribution is -0.137. The van der Waals surface area contributed by atoms with Gasteiger partial charge in [-0.05, 0) is 57.7 Å². The summed E-state index contributed by atoms with van der Waals surface area (Å²) in [5.74, 6) is 0.439. The fourth-order valence-corrected chi connectivity index (χ4v) is 3.94. The topological polar surface area (TPSA) is 63.1 Å². The van der Waals surface area contributed by atoms with E-state index in [9.17, 15) is 18.0 Å². The number of hydrogen-bond donors (Lipinski definition) is 1. The Hall–Kier alpha value is -2.58. The maximum absolute atomic E-state index is 12.7. The maximum atomic E-state index is 12.7. The smallest absolute Gasteiger partial charge is 0.357 e. The molecule has 0 unspecified atom stereocenters. The summed E-state index contributed by atoms with van der Waals surface area (Å²) < 4.78 is 39.9. The first-order valence-electron chi connectivity index (χ1n) is 10.1. The Balaban J connectivity index is 1.51. The fourth-order valence-electron chi connectivity index (χ4n) is 3.94. The second-order valence-electron chi connectivity index (χ2n) is 8.05. The number of halogens is 3. The molecule has 1 fully saturated rings. The van der Waals surface area contributed by atoms with Gasteiger partial charge in [-0.25, -0.2) is 4.98 Å². The number of pyridine rings is 1. The molecule has 2 aromatic rings. The van der Waals surface area contributed by atoms with Crippen molar-refractivity contribution in [2.45, 2.75) is 52.3 Å². The lowest BCUT2D eigenvalue weighted by atomic mass is 9.95. The van der Waals surface area contributed by atoms with E-state index in [2.05, 4.69) is 15.4 Å². The van der Waals surface area contributed by atoms with Crippen LogP contribution in [0.15, 0.2) is 18.3 Å². The number of carbonyl (C=O) groups is 1. The number of amides is 1. The van der Waals surface area contributed by atoms with Crippen LogP contribution in [0.3, 0.4) is 0 Å². The van der Waals surface area contributed by atoms with Crippen molar-refractivity contribution >= 4 is 11.7 Å².